The maximum absolute atomic E-state index is 13.7. The van der Waals surface area contributed by atoms with Gasteiger partial charge in [0, 0.05) is 23.8 Å². The standard InChI is InChI=1S/C19H23FN6O3S/c1-29-16-8-3-11(20)9-14(16)17-15-10-21-19(23-18(15)25-24-17)22-12-4-6-13(7-5-12)26-30(2,27)28/h3,8-10,12-13,26H,4-7H2,1-2H3,(H2,21,22,23,24,25). The summed E-state index contributed by atoms with van der Waals surface area (Å²) in [5.74, 6) is 0.587. The topological polar surface area (TPSA) is 122 Å². The number of hydrogen-bond acceptors (Lipinski definition) is 7. The summed E-state index contributed by atoms with van der Waals surface area (Å²) in [5, 5.41) is 11.1. The van der Waals surface area contributed by atoms with Gasteiger partial charge in [0.2, 0.25) is 16.0 Å². The summed E-state index contributed by atoms with van der Waals surface area (Å²) in [6.45, 7) is 0. The van der Waals surface area contributed by atoms with E-state index in [0.717, 1.165) is 25.7 Å². The molecule has 0 aliphatic heterocycles. The third-order valence-electron chi connectivity index (χ3n) is 5.18. The molecule has 2 aromatic heterocycles. The number of aromatic nitrogens is 4. The molecule has 0 saturated heterocycles. The summed E-state index contributed by atoms with van der Waals surface area (Å²) in [4.78, 5) is 8.85. The molecule has 1 aliphatic rings. The summed E-state index contributed by atoms with van der Waals surface area (Å²) in [6.07, 6.45) is 5.93. The number of fused-ring (bicyclic) bond motifs is 1. The largest absolute Gasteiger partial charge is 0.496 e. The molecule has 3 N–H and O–H groups in total. The highest BCUT2D eigenvalue weighted by molar-refractivity contribution is 7.88. The Morgan fingerprint density at radius 2 is 1.93 bits per heavy atom. The van der Waals surface area contributed by atoms with Gasteiger partial charge in [0.05, 0.1) is 24.4 Å². The van der Waals surface area contributed by atoms with E-state index in [2.05, 4.69) is 30.2 Å². The van der Waals surface area contributed by atoms with E-state index in [1.54, 1.807) is 12.3 Å². The Bertz CT molecular complexity index is 1160. The van der Waals surface area contributed by atoms with Crippen molar-refractivity contribution in [2.24, 2.45) is 0 Å². The molecule has 0 spiro atoms. The number of H-pyrrole nitrogens is 1. The van der Waals surface area contributed by atoms with Crippen molar-refractivity contribution in [3.05, 3.63) is 30.2 Å². The third-order valence-corrected chi connectivity index (χ3v) is 5.95. The van der Waals surface area contributed by atoms with Gasteiger partial charge in [-0.25, -0.2) is 22.5 Å². The maximum Gasteiger partial charge on any atom is 0.224 e. The van der Waals surface area contributed by atoms with Crippen LogP contribution in [0.5, 0.6) is 5.75 Å². The molecule has 3 aromatic rings. The molecule has 4 rings (SSSR count). The van der Waals surface area contributed by atoms with Crippen molar-refractivity contribution in [1.29, 1.82) is 0 Å². The Labute approximate surface area is 173 Å². The fraction of sp³-hybridized carbons (Fsp3) is 0.421. The van der Waals surface area contributed by atoms with Crippen LogP contribution in [0.2, 0.25) is 0 Å². The number of halogens is 1. The van der Waals surface area contributed by atoms with Crippen LogP contribution in [0.3, 0.4) is 0 Å². The fourth-order valence-corrected chi connectivity index (χ4v) is 4.64. The Hall–Kier alpha value is -2.79. The van der Waals surface area contributed by atoms with E-state index in [1.807, 2.05) is 0 Å². The molecule has 1 fully saturated rings. The van der Waals surface area contributed by atoms with E-state index in [9.17, 15) is 12.8 Å². The van der Waals surface area contributed by atoms with Crippen molar-refractivity contribution < 1.29 is 17.5 Å². The molecule has 0 radical (unpaired) electrons. The number of nitrogens with one attached hydrogen (secondary N) is 3. The Morgan fingerprint density at radius 3 is 2.63 bits per heavy atom. The fourth-order valence-electron chi connectivity index (χ4n) is 3.79. The van der Waals surface area contributed by atoms with Crippen molar-refractivity contribution in [3.8, 4) is 17.0 Å². The number of methoxy groups -OCH3 is 1. The highest BCUT2D eigenvalue weighted by atomic mass is 32.2. The molecule has 30 heavy (non-hydrogen) atoms. The average molecular weight is 434 g/mol. The zero-order valence-corrected chi connectivity index (χ0v) is 17.5. The first-order valence-corrected chi connectivity index (χ1v) is 11.5. The van der Waals surface area contributed by atoms with Crippen LogP contribution in [-0.2, 0) is 10.0 Å². The number of hydrogen-bond donors (Lipinski definition) is 3. The van der Waals surface area contributed by atoms with Crippen LogP contribution in [-0.4, -0.2) is 54.0 Å². The van der Waals surface area contributed by atoms with E-state index < -0.39 is 10.0 Å². The van der Waals surface area contributed by atoms with Crippen molar-refractivity contribution in [3.63, 3.8) is 0 Å². The summed E-state index contributed by atoms with van der Waals surface area (Å²) in [7, 11) is -1.67. The third kappa shape index (κ3) is 4.51. The minimum atomic E-state index is -3.19. The number of aromatic amines is 1. The molecule has 0 atom stereocenters. The Balaban J connectivity index is 1.49. The van der Waals surface area contributed by atoms with Gasteiger partial charge in [-0.1, -0.05) is 0 Å². The normalized spacial score (nSPS) is 19.7. The summed E-state index contributed by atoms with van der Waals surface area (Å²) in [5.41, 5.74) is 1.59. The lowest BCUT2D eigenvalue weighted by Crippen LogP contribution is -2.39. The van der Waals surface area contributed by atoms with Crippen molar-refractivity contribution in [2.45, 2.75) is 37.8 Å². The van der Waals surface area contributed by atoms with Crippen LogP contribution in [0, 0.1) is 5.82 Å². The van der Waals surface area contributed by atoms with Gasteiger partial charge in [-0.2, -0.15) is 10.1 Å². The summed E-state index contributed by atoms with van der Waals surface area (Å²) < 4.78 is 44.5. The van der Waals surface area contributed by atoms with Crippen LogP contribution in [0.4, 0.5) is 10.3 Å². The van der Waals surface area contributed by atoms with Crippen LogP contribution in [0.25, 0.3) is 22.3 Å². The second-order valence-electron chi connectivity index (χ2n) is 7.46. The lowest BCUT2D eigenvalue weighted by molar-refractivity contribution is 0.387. The number of nitrogens with zero attached hydrogens (tertiary/aromatic N) is 3. The first kappa shape index (κ1) is 20.5. The van der Waals surface area contributed by atoms with Gasteiger partial charge in [-0.3, -0.25) is 5.10 Å². The predicted octanol–water partition coefficient (Wildman–Crippen LogP) is 2.44. The van der Waals surface area contributed by atoms with Crippen molar-refractivity contribution in [2.75, 3.05) is 18.7 Å². The number of benzene rings is 1. The average Bonchev–Trinajstić information content (AvgIpc) is 3.11. The SMILES string of the molecule is COc1ccc(F)cc1-c1[nH]nc2nc(NC3CCC(NS(C)(=O)=O)CC3)ncc12. The molecule has 1 aliphatic carbocycles. The number of ether oxygens (including phenoxy) is 1. The van der Waals surface area contributed by atoms with Crippen LogP contribution >= 0.6 is 0 Å². The molecule has 160 valence electrons. The van der Waals surface area contributed by atoms with Crippen molar-refractivity contribution in [1.82, 2.24) is 24.9 Å². The van der Waals surface area contributed by atoms with E-state index >= 15 is 0 Å². The molecular weight excluding hydrogens is 411 g/mol. The first-order valence-electron chi connectivity index (χ1n) is 9.61. The molecule has 0 bridgehead atoms. The minimum Gasteiger partial charge on any atom is -0.496 e. The Kier molecular flexibility index (Phi) is 5.56. The number of sulfonamides is 1. The highest BCUT2D eigenvalue weighted by Crippen LogP contribution is 2.33. The van der Waals surface area contributed by atoms with Gasteiger partial charge in [-0.15, -0.1) is 0 Å². The van der Waals surface area contributed by atoms with Crippen LogP contribution in [0.1, 0.15) is 25.7 Å². The highest BCUT2D eigenvalue weighted by Gasteiger charge is 2.24. The maximum atomic E-state index is 13.7. The Morgan fingerprint density at radius 1 is 1.20 bits per heavy atom. The van der Waals surface area contributed by atoms with E-state index in [-0.39, 0.29) is 17.9 Å². The molecular formula is C19H23FN6O3S. The molecule has 1 saturated carbocycles. The molecule has 11 heteroatoms. The van der Waals surface area contributed by atoms with E-state index in [0.29, 0.717) is 34.0 Å². The molecule has 9 nitrogen and oxygen atoms in total. The summed E-state index contributed by atoms with van der Waals surface area (Å²) in [6, 6.07) is 4.39. The zero-order chi connectivity index (χ0) is 21.3. The second-order valence-corrected chi connectivity index (χ2v) is 9.24. The van der Waals surface area contributed by atoms with E-state index in [1.165, 1.54) is 25.5 Å². The van der Waals surface area contributed by atoms with Gasteiger partial charge in [0.25, 0.3) is 0 Å². The molecule has 1 aromatic carbocycles. The minimum absolute atomic E-state index is 0.0309. The number of anilines is 1. The lowest BCUT2D eigenvalue weighted by Gasteiger charge is -2.29. The molecule has 0 unspecified atom stereocenters. The number of rotatable bonds is 6. The van der Waals surface area contributed by atoms with Crippen molar-refractivity contribution >= 4 is 27.0 Å². The first-order chi connectivity index (χ1) is 14.3. The van der Waals surface area contributed by atoms with E-state index in [4.69, 9.17) is 4.74 Å². The quantitative estimate of drug-likeness (QED) is 0.545. The molecule has 2 heterocycles. The van der Waals surface area contributed by atoms with Gasteiger partial charge in [-0.05, 0) is 43.9 Å². The zero-order valence-electron chi connectivity index (χ0n) is 16.6. The van der Waals surface area contributed by atoms with Crippen LogP contribution in [0.15, 0.2) is 24.4 Å². The van der Waals surface area contributed by atoms with Gasteiger partial charge in [0.1, 0.15) is 11.6 Å². The lowest BCUT2D eigenvalue weighted by atomic mass is 9.92. The van der Waals surface area contributed by atoms with Gasteiger partial charge >= 0.3 is 0 Å². The predicted molar refractivity (Wildman–Crippen MR) is 111 cm³/mol. The smallest absolute Gasteiger partial charge is 0.224 e. The van der Waals surface area contributed by atoms with Crippen LogP contribution < -0.4 is 14.8 Å². The van der Waals surface area contributed by atoms with Gasteiger partial charge < -0.3 is 10.1 Å². The van der Waals surface area contributed by atoms with Gasteiger partial charge in [0.15, 0.2) is 5.65 Å². The second kappa shape index (κ2) is 8.15. The monoisotopic (exact) mass is 434 g/mol. The molecule has 0 amide bonds. The summed E-state index contributed by atoms with van der Waals surface area (Å²) >= 11 is 0.